The van der Waals surface area contributed by atoms with Crippen LogP contribution in [0.25, 0.3) is 0 Å². The van der Waals surface area contributed by atoms with E-state index in [-0.39, 0.29) is 5.92 Å². The van der Waals surface area contributed by atoms with Crippen LogP contribution in [-0.2, 0) is 9.59 Å². The zero-order chi connectivity index (χ0) is 12.0. The number of carbonyl (C=O) groups is 2. The predicted molar refractivity (Wildman–Crippen MR) is 54.1 cm³/mol. The Morgan fingerprint density at radius 2 is 2.00 bits per heavy atom. The van der Waals surface area contributed by atoms with Crippen LogP contribution in [0.2, 0.25) is 0 Å². The third kappa shape index (κ3) is 4.26. The molecule has 15 heavy (non-hydrogen) atoms. The molecular formula is C9H18N2O4. The van der Waals surface area contributed by atoms with Crippen LogP contribution in [0, 0.1) is 5.92 Å². The van der Waals surface area contributed by atoms with Gasteiger partial charge in [-0.15, -0.1) is 0 Å². The molecule has 0 aromatic heterocycles. The van der Waals surface area contributed by atoms with Crippen molar-refractivity contribution in [3.05, 3.63) is 0 Å². The molecule has 6 heteroatoms. The van der Waals surface area contributed by atoms with Crippen molar-refractivity contribution in [2.45, 2.75) is 32.4 Å². The van der Waals surface area contributed by atoms with Gasteiger partial charge in [0.25, 0.3) is 0 Å². The maximum atomic E-state index is 11.4. The minimum absolute atomic E-state index is 0.0295. The number of amides is 1. The molecule has 2 unspecified atom stereocenters. The Morgan fingerprint density at radius 1 is 1.47 bits per heavy atom. The van der Waals surface area contributed by atoms with Crippen LogP contribution in [0.15, 0.2) is 0 Å². The number of nitrogens with one attached hydrogen (secondary N) is 1. The number of hydrogen-bond acceptors (Lipinski definition) is 4. The Kier molecular flexibility index (Phi) is 5.88. The molecule has 0 saturated heterocycles. The second kappa shape index (κ2) is 6.36. The lowest BCUT2D eigenvalue weighted by molar-refractivity contribution is -0.143. The summed E-state index contributed by atoms with van der Waals surface area (Å²) in [5.41, 5.74) is 5.59. The molecule has 0 aliphatic heterocycles. The summed E-state index contributed by atoms with van der Waals surface area (Å²) in [6, 6.07) is -2.03. The van der Waals surface area contributed by atoms with E-state index in [9.17, 15) is 9.59 Å². The first-order valence-electron chi connectivity index (χ1n) is 4.83. The molecule has 1 amide bonds. The van der Waals surface area contributed by atoms with Gasteiger partial charge >= 0.3 is 5.97 Å². The Morgan fingerprint density at radius 3 is 2.33 bits per heavy atom. The third-order valence-corrected chi connectivity index (χ3v) is 2.36. The summed E-state index contributed by atoms with van der Waals surface area (Å²) in [7, 11) is 0. The highest BCUT2D eigenvalue weighted by molar-refractivity contribution is 5.87. The molecule has 0 aromatic carbocycles. The highest BCUT2D eigenvalue weighted by atomic mass is 16.4. The summed E-state index contributed by atoms with van der Waals surface area (Å²) in [6.45, 7) is 3.05. The van der Waals surface area contributed by atoms with Crippen molar-refractivity contribution in [1.29, 1.82) is 0 Å². The molecule has 0 saturated carbocycles. The smallest absolute Gasteiger partial charge is 0.328 e. The molecule has 88 valence electrons. The lowest BCUT2D eigenvalue weighted by Crippen LogP contribution is -2.51. The van der Waals surface area contributed by atoms with Crippen molar-refractivity contribution in [2.24, 2.45) is 11.7 Å². The van der Waals surface area contributed by atoms with Gasteiger partial charge in [-0.25, -0.2) is 4.79 Å². The predicted octanol–water partition coefficient (Wildman–Crippen LogP) is -1.08. The van der Waals surface area contributed by atoms with Gasteiger partial charge in [-0.2, -0.15) is 0 Å². The largest absolute Gasteiger partial charge is 0.480 e. The van der Waals surface area contributed by atoms with Crippen LogP contribution in [0.5, 0.6) is 0 Å². The molecule has 0 fully saturated rings. The van der Waals surface area contributed by atoms with Crippen LogP contribution >= 0.6 is 0 Å². The van der Waals surface area contributed by atoms with Crippen LogP contribution in [-0.4, -0.2) is 40.8 Å². The lowest BCUT2D eigenvalue weighted by atomic mass is 9.99. The molecule has 0 radical (unpaired) electrons. The van der Waals surface area contributed by atoms with Crippen LogP contribution < -0.4 is 11.1 Å². The molecule has 0 spiro atoms. The Hall–Kier alpha value is -1.14. The molecule has 0 aromatic rings. The summed E-state index contributed by atoms with van der Waals surface area (Å²) in [4.78, 5) is 21.9. The number of rotatable bonds is 6. The first-order chi connectivity index (χ1) is 6.93. The minimum atomic E-state index is -1.28. The monoisotopic (exact) mass is 218 g/mol. The first kappa shape index (κ1) is 13.9. The zero-order valence-electron chi connectivity index (χ0n) is 8.93. The second-order valence-corrected chi connectivity index (χ2v) is 3.49. The van der Waals surface area contributed by atoms with Gasteiger partial charge in [0.1, 0.15) is 6.04 Å². The molecule has 3 atom stereocenters. The van der Waals surface area contributed by atoms with E-state index in [2.05, 4.69) is 5.32 Å². The molecular weight excluding hydrogens is 200 g/mol. The normalized spacial score (nSPS) is 16.5. The second-order valence-electron chi connectivity index (χ2n) is 3.49. The van der Waals surface area contributed by atoms with Crippen molar-refractivity contribution in [3.8, 4) is 0 Å². The van der Waals surface area contributed by atoms with E-state index in [4.69, 9.17) is 15.9 Å². The molecule has 0 aliphatic rings. The fraction of sp³-hybridized carbons (Fsp3) is 0.778. The summed E-state index contributed by atoms with van der Waals surface area (Å²) in [5.74, 6) is -1.86. The van der Waals surface area contributed by atoms with E-state index >= 15 is 0 Å². The number of carbonyl (C=O) groups excluding carboxylic acids is 1. The van der Waals surface area contributed by atoms with Crippen molar-refractivity contribution in [2.75, 3.05) is 6.61 Å². The van der Waals surface area contributed by atoms with Gasteiger partial charge in [-0.1, -0.05) is 20.3 Å². The molecule has 6 nitrogen and oxygen atoms in total. The average molecular weight is 218 g/mol. The van der Waals surface area contributed by atoms with Crippen molar-refractivity contribution >= 4 is 11.9 Å². The highest BCUT2D eigenvalue weighted by Gasteiger charge is 2.24. The van der Waals surface area contributed by atoms with E-state index < -0.39 is 30.6 Å². The number of aliphatic hydroxyl groups excluding tert-OH is 1. The fourth-order valence-corrected chi connectivity index (χ4v) is 0.966. The number of aliphatic carboxylic acids is 1. The van der Waals surface area contributed by atoms with Gasteiger partial charge < -0.3 is 21.3 Å². The number of carboxylic acid groups (broad SMARTS) is 1. The van der Waals surface area contributed by atoms with Crippen molar-refractivity contribution < 1.29 is 19.8 Å². The molecule has 0 heterocycles. The molecule has 0 rings (SSSR count). The van der Waals surface area contributed by atoms with Gasteiger partial charge in [-0.05, 0) is 5.92 Å². The Bertz CT molecular complexity index is 232. The fourth-order valence-electron chi connectivity index (χ4n) is 0.966. The zero-order valence-corrected chi connectivity index (χ0v) is 8.93. The molecule has 5 N–H and O–H groups in total. The third-order valence-electron chi connectivity index (χ3n) is 2.36. The molecule has 0 aliphatic carbocycles. The van der Waals surface area contributed by atoms with Crippen LogP contribution in [0.4, 0.5) is 0 Å². The van der Waals surface area contributed by atoms with E-state index in [0.29, 0.717) is 0 Å². The maximum absolute atomic E-state index is 11.4. The summed E-state index contributed by atoms with van der Waals surface area (Å²) in [5, 5.41) is 19.4. The first-order valence-corrected chi connectivity index (χ1v) is 4.83. The van der Waals surface area contributed by atoms with Gasteiger partial charge in [0.05, 0.1) is 12.6 Å². The average Bonchev–Trinajstić information content (AvgIpc) is 2.22. The van der Waals surface area contributed by atoms with E-state index in [1.807, 2.05) is 6.92 Å². The quantitative estimate of drug-likeness (QED) is 0.453. The number of nitrogens with two attached hydrogens (primary N) is 1. The van der Waals surface area contributed by atoms with Gasteiger partial charge in [-0.3, -0.25) is 4.79 Å². The van der Waals surface area contributed by atoms with Gasteiger partial charge in [0.15, 0.2) is 0 Å². The summed E-state index contributed by atoms with van der Waals surface area (Å²) in [6.07, 6.45) is 0.728. The Balaban J connectivity index is 4.28. The number of hydrogen-bond donors (Lipinski definition) is 4. The van der Waals surface area contributed by atoms with Crippen molar-refractivity contribution in [3.63, 3.8) is 0 Å². The van der Waals surface area contributed by atoms with E-state index in [1.54, 1.807) is 6.92 Å². The SMILES string of the molecule is CCC(C)C(N)C(=O)N[C@@H](CO)C(=O)O. The maximum Gasteiger partial charge on any atom is 0.328 e. The van der Waals surface area contributed by atoms with E-state index in [0.717, 1.165) is 6.42 Å². The van der Waals surface area contributed by atoms with Gasteiger partial charge in [0, 0.05) is 0 Å². The topological polar surface area (TPSA) is 113 Å². The number of carboxylic acids is 1. The summed E-state index contributed by atoms with van der Waals surface area (Å²) >= 11 is 0. The number of aliphatic hydroxyl groups is 1. The minimum Gasteiger partial charge on any atom is -0.480 e. The van der Waals surface area contributed by atoms with Crippen LogP contribution in [0.1, 0.15) is 20.3 Å². The van der Waals surface area contributed by atoms with Crippen LogP contribution in [0.3, 0.4) is 0 Å². The highest BCUT2D eigenvalue weighted by Crippen LogP contribution is 2.05. The standard InChI is InChI=1S/C9H18N2O4/c1-3-5(2)7(10)8(13)11-6(4-12)9(14)15/h5-7,12H,3-4,10H2,1-2H3,(H,11,13)(H,14,15)/t5?,6-,7?/m0/s1. The van der Waals surface area contributed by atoms with Gasteiger partial charge in [0.2, 0.25) is 5.91 Å². The summed E-state index contributed by atoms with van der Waals surface area (Å²) < 4.78 is 0. The van der Waals surface area contributed by atoms with E-state index in [1.165, 1.54) is 0 Å². The Labute approximate surface area is 88.5 Å². The molecule has 0 bridgehead atoms. The lowest BCUT2D eigenvalue weighted by Gasteiger charge is -2.20. The van der Waals surface area contributed by atoms with Crippen molar-refractivity contribution in [1.82, 2.24) is 5.32 Å².